The van der Waals surface area contributed by atoms with E-state index in [-0.39, 0.29) is 16.0 Å². The first-order chi connectivity index (χ1) is 9.32. The van der Waals surface area contributed by atoms with Gasteiger partial charge in [0, 0.05) is 11.8 Å². The molecule has 0 saturated heterocycles. The van der Waals surface area contributed by atoms with Crippen molar-refractivity contribution in [1.82, 2.24) is 0 Å². The zero-order valence-corrected chi connectivity index (χ0v) is 11.2. The molecule has 0 aliphatic heterocycles. The van der Waals surface area contributed by atoms with Gasteiger partial charge < -0.3 is 0 Å². The van der Waals surface area contributed by atoms with Crippen LogP contribution in [0.5, 0.6) is 0 Å². The first-order valence-electron chi connectivity index (χ1n) is 5.57. The number of carbonyl (C=O) groups excluding carboxylic acids is 1. The van der Waals surface area contributed by atoms with Gasteiger partial charge >= 0.3 is 0 Å². The molecule has 0 radical (unpaired) electrons. The number of halogens is 2. The van der Waals surface area contributed by atoms with Gasteiger partial charge in [0.2, 0.25) is 0 Å². The Balaban J connectivity index is 2.69. The van der Waals surface area contributed by atoms with Crippen molar-refractivity contribution < 1.29 is 22.0 Å². The Morgan fingerprint density at radius 2 is 1.70 bits per heavy atom. The van der Waals surface area contributed by atoms with Gasteiger partial charge in [-0.2, -0.15) is 0 Å². The lowest BCUT2D eigenvalue weighted by molar-refractivity contribution is 0.112. The summed E-state index contributed by atoms with van der Waals surface area (Å²) in [4.78, 5) is 11.0. The van der Waals surface area contributed by atoms with Crippen molar-refractivity contribution in [2.75, 3.05) is 6.26 Å². The summed E-state index contributed by atoms with van der Waals surface area (Å²) in [5.41, 5.74) is 0.424. The molecule has 0 saturated carbocycles. The minimum atomic E-state index is -3.43. The van der Waals surface area contributed by atoms with Crippen molar-refractivity contribution in [2.24, 2.45) is 0 Å². The average molecular weight is 296 g/mol. The maximum Gasteiger partial charge on any atom is 0.175 e. The van der Waals surface area contributed by atoms with Crippen LogP contribution in [0.1, 0.15) is 10.4 Å². The van der Waals surface area contributed by atoms with Crippen LogP contribution in [0.25, 0.3) is 11.1 Å². The lowest BCUT2D eigenvalue weighted by Crippen LogP contribution is -1.98. The van der Waals surface area contributed by atoms with Gasteiger partial charge in [-0.25, -0.2) is 17.2 Å². The number of aldehydes is 1. The van der Waals surface area contributed by atoms with Crippen LogP contribution in [0, 0.1) is 11.6 Å². The second-order valence-corrected chi connectivity index (χ2v) is 6.29. The zero-order chi connectivity index (χ0) is 14.9. The van der Waals surface area contributed by atoms with E-state index < -0.39 is 21.5 Å². The van der Waals surface area contributed by atoms with E-state index in [1.807, 2.05) is 0 Å². The second kappa shape index (κ2) is 5.13. The van der Waals surface area contributed by atoms with E-state index in [1.54, 1.807) is 0 Å². The predicted molar refractivity (Wildman–Crippen MR) is 70.3 cm³/mol. The van der Waals surface area contributed by atoms with Crippen LogP contribution < -0.4 is 0 Å². The van der Waals surface area contributed by atoms with E-state index in [9.17, 15) is 22.0 Å². The van der Waals surface area contributed by atoms with Crippen molar-refractivity contribution in [3.63, 3.8) is 0 Å². The minimum Gasteiger partial charge on any atom is -0.298 e. The van der Waals surface area contributed by atoms with Gasteiger partial charge in [0.05, 0.1) is 4.90 Å². The van der Waals surface area contributed by atoms with E-state index >= 15 is 0 Å². The molecule has 6 heteroatoms. The van der Waals surface area contributed by atoms with Crippen molar-refractivity contribution in [3.05, 3.63) is 53.6 Å². The zero-order valence-electron chi connectivity index (χ0n) is 10.4. The molecule has 20 heavy (non-hydrogen) atoms. The lowest BCUT2D eigenvalue weighted by atomic mass is 10.00. The number of hydrogen-bond acceptors (Lipinski definition) is 3. The third kappa shape index (κ3) is 2.75. The Hall–Kier alpha value is -2.08. The van der Waals surface area contributed by atoms with Crippen molar-refractivity contribution in [1.29, 1.82) is 0 Å². The highest BCUT2D eigenvalue weighted by Crippen LogP contribution is 2.27. The second-order valence-electron chi connectivity index (χ2n) is 4.27. The van der Waals surface area contributed by atoms with Crippen LogP contribution in [0.15, 0.2) is 41.3 Å². The molecule has 0 unspecified atom stereocenters. The fourth-order valence-electron chi connectivity index (χ4n) is 1.80. The van der Waals surface area contributed by atoms with E-state index in [1.165, 1.54) is 24.3 Å². The molecule has 0 aliphatic rings. The van der Waals surface area contributed by atoms with Crippen LogP contribution in [-0.4, -0.2) is 21.0 Å². The maximum atomic E-state index is 13.3. The molecular formula is C14H10F2O3S. The molecule has 2 aromatic rings. The molecule has 0 spiro atoms. The van der Waals surface area contributed by atoms with Crippen molar-refractivity contribution in [2.45, 2.75) is 4.90 Å². The third-order valence-electron chi connectivity index (χ3n) is 2.79. The lowest BCUT2D eigenvalue weighted by Gasteiger charge is -2.08. The molecule has 0 bridgehead atoms. The number of benzene rings is 2. The summed E-state index contributed by atoms with van der Waals surface area (Å²) >= 11 is 0. The van der Waals surface area contributed by atoms with Crippen LogP contribution in [0.3, 0.4) is 0 Å². The first kappa shape index (κ1) is 14.3. The summed E-state index contributed by atoms with van der Waals surface area (Å²) in [5, 5.41) is 0. The maximum absolute atomic E-state index is 13.3. The number of rotatable bonds is 3. The van der Waals surface area contributed by atoms with Crippen LogP contribution >= 0.6 is 0 Å². The van der Waals surface area contributed by atoms with Crippen LogP contribution in [0.2, 0.25) is 0 Å². The molecule has 0 heterocycles. The quantitative estimate of drug-likeness (QED) is 0.818. The van der Waals surface area contributed by atoms with Gasteiger partial charge in [-0.3, -0.25) is 4.79 Å². The van der Waals surface area contributed by atoms with Gasteiger partial charge in [-0.15, -0.1) is 0 Å². The van der Waals surface area contributed by atoms with Gasteiger partial charge in [0.1, 0.15) is 0 Å². The van der Waals surface area contributed by atoms with E-state index in [0.717, 1.165) is 18.4 Å². The normalized spacial score (nSPS) is 11.3. The standard InChI is InChI=1S/C14H10F2O3S/c1-20(18,19)11-4-2-3-9(5-11)12-7-14(16)13(15)6-10(12)8-17/h2-8H,1H3. The molecule has 2 aromatic carbocycles. The highest BCUT2D eigenvalue weighted by molar-refractivity contribution is 7.90. The van der Waals surface area contributed by atoms with E-state index in [0.29, 0.717) is 11.8 Å². The summed E-state index contributed by atoms with van der Waals surface area (Å²) in [7, 11) is -3.43. The largest absolute Gasteiger partial charge is 0.298 e. The first-order valence-corrected chi connectivity index (χ1v) is 7.47. The summed E-state index contributed by atoms with van der Waals surface area (Å²) in [5.74, 6) is -2.23. The molecule has 3 nitrogen and oxygen atoms in total. The minimum absolute atomic E-state index is 0.0385. The van der Waals surface area contributed by atoms with Gasteiger partial charge in [0.25, 0.3) is 0 Å². The Morgan fingerprint density at radius 1 is 1.05 bits per heavy atom. The smallest absolute Gasteiger partial charge is 0.175 e. The molecule has 104 valence electrons. The number of sulfone groups is 1. The van der Waals surface area contributed by atoms with Crippen LogP contribution in [0.4, 0.5) is 8.78 Å². The molecule has 2 rings (SSSR count). The number of carbonyl (C=O) groups is 1. The highest BCUT2D eigenvalue weighted by Gasteiger charge is 2.13. The van der Waals surface area contributed by atoms with Gasteiger partial charge in [-0.05, 0) is 35.4 Å². The third-order valence-corrected chi connectivity index (χ3v) is 3.90. The SMILES string of the molecule is CS(=O)(=O)c1cccc(-c2cc(F)c(F)cc2C=O)c1. The molecule has 0 amide bonds. The van der Waals surface area contributed by atoms with Gasteiger partial charge in [0.15, 0.2) is 27.8 Å². The van der Waals surface area contributed by atoms with Gasteiger partial charge in [-0.1, -0.05) is 12.1 Å². The summed E-state index contributed by atoms with van der Waals surface area (Å²) < 4.78 is 49.4. The molecule has 0 aliphatic carbocycles. The predicted octanol–water partition coefficient (Wildman–Crippen LogP) is 2.85. The number of hydrogen-bond donors (Lipinski definition) is 0. The molecule has 0 N–H and O–H groups in total. The van der Waals surface area contributed by atoms with E-state index in [4.69, 9.17) is 0 Å². The summed E-state index contributed by atoms with van der Waals surface area (Å²) in [6.07, 6.45) is 1.43. The Kier molecular flexibility index (Phi) is 3.67. The Morgan fingerprint density at radius 3 is 2.30 bits per heavy atom. The van der Waals surface area contributed by atoms with Crippen LogP contribution in [-0.2, 0) is 9.84 Å². The average Bonchev–Trinajstić information content (AvgIpc) is 2.40. The fraction of sp³-hybridized carbons (Fsp3) is 0.0714. The summed E-state index contributed by atoms with van der Waals surface area (Å²) in [6, 6.07) is 7.36. The molecule has 0 fully saturated rings. The van der Waals surface area contributed by atoms with Crippen molar-refractivity contribution >= 4 is 16.1 Å². The van der Waals surface area contributed by atoms with E-state index in [2.05, 4.69) is 0 Å². The summed E-state index contributed by atoms with van der Waals surface area (Å²) in [6.45, 7) is 0. The van der Waals surface area contributed by atoms with Crippen molar-refractivity contribution in [3.8, 4) is 11.1 Å². The molecular weight excluding hydrogens is 286 g/mol. The molecule has 0 atom stereocenters. The Labute approximate surface area is 114 Å². The molecule has 0 aromatic heterocycles. The fourth-order valence-corrected chi connectivity index (χ4v) is 2.47. The topological polar surface area (TPSA) is 51.2 Å². The highest BCUT2D eigenvalue weighted by atomic mass is 32.2. The monoisotopic (exact) mass is 296 g/mol. The Bertz CT molecular complexity index is 783.